The lowest BCUT2D eigenvalue weighted by atomic mass is 9.96. The third-order valence-electron chi connectivity index (χ3n) is 5.01. The molecule has 1 atom stereocenters. The molecular weight excluding hydrogens is 260 g/mol. The summed E-state index contributed by atoms with van der Waals surface area (Å²) in [7, 11) is 1.77. The van der Waals surface area contributed by atoms with E-state index in [2.05, 4.69) is 34.5 Å². The molecule has 1 aromatic carbocycles. The van der Waals surface area contributed by atoms with E-state index >= 15 is 0 Å². The predicted octanol–water partition coefficient (Wildman–Crippen LogP) is 2.10. The maximum Gasteiger partial charge on any atom is 0.0587 e. The number of nitrogens with zero attached hydrogens (tertiary/aromatic N) is 1. The second-order valence-corrected chi connectivity index (χ2v) is 6.53. The average molecular weight is 288 g/mol. The lowest BCUT2D eigenvalue weighted by Gasteiger charge is -2.37. The quantitative estimate of drug-likeness (QED) is 0.811. The summed E-state index contributed by atoms with van der Waals surface area (Å²) in [6.45, 7) is 5.47. The van der Waals surface area contributed by atoms with E-state index in [1.54, 1.807) is 18.2 Å². The van der Waals surface area contributed by atoms with Crippen LogP contribution in [-0.2, 0) is 17.6 Å². The smallest absolute Gasteiger partial charge is 0.0587 e. The van der Waals surface area contributed by atoms with Gasteiger partial charge in [0.15, 0.2) is 0 Å². The van der Waals surface area contributed by atoms with Gasteiger partial charge in [-0.15, -0.1) is 0 Å². The molecule has 0 spiro atoms. The van der Waals surface area contributed by atoms with Crippen molar-refractivity contribution in [3.8, 4) is 0 Å². The van der Waals surface area contributed by atoms with Crippen LogP contribution < -0.4 is 5.32 Å². The Hall–Kier alpha value is -0.900. The highest BCUT2D eigenvalue weighted by atomic mass is 16.5. The number of hydrogen-bond acceptors (Lipinski definition) is 3. The van der Waals surface area contributed by atoms with Crippen LogP contribution in [0, 0.1) is 5.92 Å². The Morgan fingerprint density at radius 2 is 2.00 bits per heavy atom. The second kappa shape index (κ2) is 7.39. The number of ether oxygens (including phenoxy) is 1. The fraction of sp³-hybridized carbons (Fsp3) is 0.667. The molecule has 1 aliphatic heterocycles. The van der Waals surface area contributed by atoms with Gasteiger partial charge in [0.2, 0.25) is 0 Å². The molecule has 1 saturated heterocycles. The van der Waals surface area contributed by atoms with Crippen molar-refractivity contribution in [1.82, 2.24) is 10.2 Å². The third kappa shape index (κ3) is 3.85. The Bertz CT molecular complexity index is 424. The summed E-state index contributed by atoms with van der Waals surface area (Å²) in [4.78, 5) is 2.74. The fourth-order valence-corrected chi connectivity index (χ4v) is 3.87. The van der Waals surface area contributed by atoms with E-state index in [-0.39, 0.29) is 0 Å². The van der Waals surface area contributed by atoms with Gasteiger partial charge in [0.25, 0.3) is 0 Å². The molecule has 3 heteroatoms. The van der Waals surface area contributed by atoms with E-state index in [4.69, 9.17) is 4.74 Å². The van der Waals surface area contributed by atoms with E-state index in [1.165, 1.54) is 38.8 Å². The van der Waals surface area contributed by atoms with Crippen LogP contribution >= 0.6 is 0 Å². The van der Waals surface area contributed by atoms with Crippen molar-refractivity contribution in [2.75, 3.05) is 39.9 Å². The molecule has 1 aromatic rings. The Labute approximate surface area is 128 Å². The van der Waals surface area contributed by atoms with Gasteiger partial charge in [0.1, 0.15) is 0 Å². The number of rotatable bonds is 6. The lowest BCUT2D eigenvalue weighted by molar-refractivity contribution is 0.123. The molecule has 1 N–H and O–H groups in total. The monoisotopic (exact) mass is 288 g/mol. The Morgan fingerprint density at radius 3 is 2.71 bits per heavy atom. The Morgan fingerprint density at radius 1 is 1.24 bits per heavy atom. The highest BCUT2D eigenvalue weighted by Crippen LogP contribution is 2.28. The van der Waals surface area contributed by atoms with E-state index in [0.29, 0.717) is 0 Å². The molecule has 1 fully saturated rings. The summed E-state index contributed by atoms with van der Waals surface area (Å²) < 4.78 is 5.10. The third-order valence-corrected chi connectivity index (χ3v) is 5.01. The molecule has 3 rings (SSSR count). The number of benzene rings is 1. The van der Waals surface area contributed by atoms with Gasteiger partial charge in [-0.2, -0.15) is 0 Å². The van der Waals surface area contributed by atoms with Crippen LogP contribution in [0.1, 0.15) is 24.0 Å². The number of piperidine rings is 1. The first-order chi connectivity index (χ1) is 10.4. The molecule has 0 saturated carbocycles. The van der Waals surface area contributed by atoms with Gasteiger partial charge in [0, 0.05) is 26.2 Å². The van der Waals surface area contributed by atoms with Crippen LogP contribution in [0.2, 0.25) is 0 Å². The number of nitrogens with one attached hydrogen (secondary N) is 1. The zero-order valence-corrected chi connectivity index (χ0v) is 13.2. The second-order valence-electron chi connectivity index (χ2n) is 6.53. The molecule has 0 bridgehead atoms. The van der Waals surface area contributed by atoms with Crippen molar-refractivity contribution in [2.24, 2.45) is 5.92 Å². The maximum atomic E-state index is 5.10. The van der Waals surface area contributed by atoms with Crippen molar-refractivity contribution >= 4 is 0 Å². The minimum absolute atomic E-state index is 0.740. The van der Waals surface area contributed by atoms with Gasteiger partial charge in [0.05, 0.1) is 6.61 Å². The average Bonchev–Trinajstić information content (AvgIpc) is 2.96. The van der Waals surface area contributed by atoms with Crippen LogP contribution in [0.25, 0.3) is 0 Å². The number of methoxy groups -OCH3 is 1. The van der Waals surface area contributed by atoms with Crippen LogP contribution in [0.15, 0.2) is 24.3 Å². The predicted molar refractivity (Wildman–Crippen MR) is 86.7 cm³/mol. The van der Waals surface area contributed by atoms with Crippen molar-refractivity contribution in [1.29, 1.82) is 0 Å². The SMILES string of the molecule is COCCNCC1CCCN(C2Cc3ccccc3C2)C1. The molecule has 0 amide bonds. The molecule has 0 radical (unpaired) electrons. The summed E-state index contributed by atoms with van der Waals surface area (Å²) in [6.07, 6.45) is 5.22. The lowest BCUT2D eigenvalue weighted by Crippen LogP contribution is -2.45. The van der Waals surface area contributed by atoms with Crippen molar-refractivity contribution in [3.05, 3.63) is 35.4 Å². The van der Waals surface area contributed by atoms with Crippen LogP contribution in [0.3, 0.4) is 0 Å². The molecule has 1 aliphatic carbocycles. The molecule has 0 aromatic heterocycles. The number of fused-ring (bicyclic) bond motifs is 1. The van der Waals surface area contributed by atoms with Gasteiger partial charge in [-0.1, -0.05) is 24.3 Å². The molecular formula is C18H28N2O. The van der Waals surface area contributed by atoms with Crippen LogP contribution in [0.4, 0.5) is 0 Å². The molecule has 2 aliphatic rings. The first-order valence-corrected chi connectivity index (χ1v) is 8.37. The summed E-state index contributed by atoms with van der Waals surface area (Å²) >= 11 is 0. The molecule has 3 nitrogen and oxygen atoms in total. The van der Waals surface area contributed by atoms with Gasteiger partial charge in [-0.25, -0.2) is 0 Å². The first-order valence-electron chi connectivity index (χ1n) is 8.37. The van der Waals surface area contributed by atoms with Crippen molar-refractivity contribution in [2.45, 2.75) is 31.7 Å². The highest BCUT2D eigenvalue weighted by Gasteiger charge is 2.30. The largest absolute Gasteiger partial charge is 0.383 e. The summed E-state index contributed by atoms with van der Waals surface area (Å²) in [5, 5.41) is 3.53. The van der Waals surface area contributed by atoms with Crippen molar-refractivity contribution in [3.63, 3.8) is 0 Å². The fourth-order valence-electron chi connectivity index (χ4n) is 3.87. The van der Waals surface area contributed by atoms with E-state index in [1.807, 2.05) is 0 Å². The maximum absolute atomic E-state index is 5.10. The van der Waals surface area contributed by atoms with E-state index < -0.39 is 0 Å². The zero-order valence-electron chi connectivity index (χ0n) is 13.2. The normalized spacial score (nSPS) is 23.4. The van der Waals surface area contributed by atoms with E-state index in [9.17, 15) is 0 Å². The van der Waals surface area contributed by atoms with E-state index in [0.717, 1.165) is 31.7 Å². The van der Waals surface area contributed by atoms with Gasteiger partial charge >= 0.3 is 0 Å². The highest BCUT2D eigenvalue weighted by molar-refractivity contribution is 5.33. The molecule has 21 heavy (non-hydrogen) atoms. The minimum Gasteiger partial charge on any atom is -0.383 e. The molecule has 1 heterocycles. The Kier molecular flexibility index (Phi) is 5.28. The summed E-state index contributed by atoms with van der Waals surface area (Å²) in [5.74, 6) is 0.805. The van der Waals surface area contributed by atoms with Gasteiger partial charge in [-0.3, -0.25) is 4.90 Å². The minimum atomic E-state index is 0.740. The zero-order chi connectivity index (χ0) is 14.5. The first kappa shape index (κ1) is 15.0. The molecule has 116 valence electrons. The van der Waals surface area contributed by atoms with Gasteiger partial charge in [-0.05, 0) is 55.8 Å². The van der Waals surface area contributed by atoms with Crippen LogP contribution in [-0.4, -0.2) is 50.8 Å². The number of likely N-dealkylation sites (tertiary alicyclic amines) is 1. The number of hydrogen-bond donors (Lipinski definition) is 1. The summed E-state index contributed by atoms with van der Waals surface area (Å²) in [5.41, 5.74) is 3.14. The standard InChI is InChI=1S/C18H28N2O/c1-21-10-8-19-13-15-5-4-9-20(14-15)18-11-16-6-2-3-7-17(16)12-18/h2-3,6-7,15,18-19H,4-5,8-14H2,1H3. The van der Waals surface area contributed by atoms with Crippen LogP contribution in [0.5, 0.6) is 0 Å². The topological polar surface area (TPSA) is 24.5 Å². The summed E-state index contributed by atoms with van der Waals surface area (Å²) in [6, 6.07) is 9.72. The Balaban J connectivity index is 1.48. The van der Waals surface area contributed by atoms with Gasteiger partial charge < -0.3 is 10.1 Å². The molecule has 1 unspecified atom stereocenters. The van der Waals surface area contributed by atoms with Crippen molar-refractivity contribution < 1.29 is 4.74 Å².